The Balaban J connectivity index is 3.73. The number of thioether (sulfide) groups is 1. The number of nitrogens with two attached hydrogens (primary N) is 1. The lowest BCUT2D eigenvalue weighted by molar-refractivity contribution is -0.123. The molecule has 0 fully saturated rings. The van der Waals surface area contributed by atoms with Gasteiger partial charge in [0, 0.05) is 25.4 Å². The fourth-order valence-corrected chi connectivity index (χ4v) is 1.68. The smallest absolute Gasteiger partial charge is 0.222 e. The number of nitrogens with one attached hydrogen (secondary N) is 1. The SMILES string of the molecule is COC(CN)CC(=O)NC(C)CSC. The first-order chi connectivity index (χ1) is 6.63. The van der Waals surface area contributed by atoms with Crippen LogP contribution in [-0.2, 0) is 9.53 Å². The van der Waals surface area contributed by atoms with E-state index in [1.165, 1.54) is 0 Å². The molecule has 14 heavy (non-hydrogen) atoms. The molecule has 3 N–H and O–H groups in total. The number of rotatable bonds is 7. The van der Waals surface area contributed by atoms with E-state index in [1.807, 2.05) is 13.2 Å². The van der Waals surface area contributed by atoms with Crippen LogP contribution in [0.25, 0.3) is 0 Å². The zero-order valence-corrected chi connectivity index (χ0v) is 9.89. The lowest BCUT2D eigenvalue weighted by Crippen LogP contribution is -2.38. The van der Waals surface area contributed by atoms with E-state index in [1.54, 1.807) is 18.9 Å². The average Bonchev–Trinajstić information content (AvgIpc) is 2.14. The summed E-state index contributed by atoms with van der Waals surface area (Å²) in [6.45, 7) is 2.36. The summed E-state index contributed by atoms with van der Waals surface area (Å²) in [7, 11) is 1.57. The van der Waals surface area contributed by atoms with Gasteiger partial charge in [0.2, 0.25) is 5.91 Å². The second-order valence-electron chi connectivity index (χ2n) is 3.22. The maximum absolute atomic E-state index is 11.4. The van der Waals surface area contributed by atoms with Crippen LogP contribution in [0.5, 0.6) is 0 Å². The third-order valence-electron chi connectivity index (χ3n) is 1.83. The molecule has 0 radical (unpaired) electrons. The van der Waals surface area contributed by atoms with Crippen LogP contribution in [0.1, 0.15) is 13.3 Å². The van der Waals surface area contributed by atoms with Gasteiger partial charge in [0.1, 0.15) is 0 Å². The maximum atomic E-state index is 11.4. The molecule has 5 heteroatoms. The Morgan fingerprint density at radius 2 is 2.29 bits per heavy atom. The number of methoxy groups -OCH3 is 1. The van der Waals surface area contributed by atoms with E-state index in [2.05, 4.69) is 5.32 Å². The van der Waals surface area contributed by atoms with E-state index in [4.69, 9.17) is 10.5 Å². The highest BCUT2D eigenvalue weighted by Gasteiger charge is 2.12. The Kier molecular flexibility index (Phi) is 7.93. The monoisotopic (exact) mass is 220 g/mol. The van der Waals surface area contributed by atoms with Gasteiger partial charge in [-0.05, 0) is 13.2 Å². The topological polar surface area (TPSA) is 64.3 Å². The fraction of sp³-hybridized carbons (Fsp3) is 0.889. The van der Waals surface area contributed by atoms with E-state index in [0.717, 1.165) is 5.75 Å². The number of carbonyl (C=O) groups excluding carboxylic acids is 1. The van der Waals surface area contributed by atoms with Gasteiger partial charge >= 0.3 is 0 Å². The standard InChI is InChI=1S/C9H20N2O2S/c1-7(6-14-3)11-9(12)4-8(5-10)13-2/h7-8H,4-6,10H2,1-3H3,(H,11,12). The molecule has 0 saturated heterocycles. The minimum absolute atomic E-state index is 0.00356. The molecule has 2 atom stereocenters. The van der Waals surface area contributed by atoms with Crippen molar-refractivity contribution < 1.29 is 9.53 Å². The van der Waals surface area contributed by atoms with Crippen LogP contribution >= 0.6 is 11.8 Å². The highest BCUT2D eigenvalue weighted by molar-refractivity contribution is 7.98. The van der Waals surface area contributed by atoms with E-state index in [0.29, 0.717) is 13.0 Å². The number of hydrogen-bond acceptors (Lipinski definition) is 4. The Labute approximate surface area is 89.9 Å². The molecule has 0 spiro atoms. The highest BCUT2D eigenvalue weighted by Crippen LogP contribution is 1.99. The normalized spacial score (nSPS) is 14.9. The average molecular weight is 220 g/mol. The summed E-state index contributed by atoms with van der Waals surface area (Å²) in [6.07, 6.45) is 2.18. The summed E-state index contributed by atoms with van der Waals surface area (Å²) in [5, 5.41) is 2.88. The quantitative estimate of drug-likeness (QED) is 0.644. The molecule has 0 aliphatic heterocycles. The van der Waals surface area contributed by atoms with Crippen LogP contribution in [0.4, 0.5) is 0 Å². The van der Waals surface area contributed by atoms with Crippen LogP contribution in [0.3, 0.4) is 0 Å². The van der Waals surface area contributed by atoms with Gasteiger partial charge in [0.15, 0.2) is 0 Å². The second kappa shape index (κ2) is 8.08. The van der Waals surface area contributed by atoms with E-state index in [9.17, 15) is 4.79 Å². The number of carbonyl (C=O) groups is 1. The van der Waals surface area contributed by atoms with Crippen molar-refractivity contribution in [2.75, 3.05) is 25.7 Å². The van der Waals surface area contributed by atoms with Gasteiger partial charge in [-0.15, -0.1) is 0 Å². The maximum Gasteiger partial charge on any atom is 0.222 e. The molecule has 0 aliphatic carbocycles. The molecule has 0 bridgehead atoms. The molecule has 0 aromatic rings. The van der Waals surface area contributed by atoms with Gasteiger partial charge in [-0.25, -0.2) is 0 Å². The van der Waals surface area contributed by atoms with Crippen molar-refractivity contribution >= 4 is 17.7 Å². The van der Waals surface area contributed by atoms with Gasteiger partial charge in [-0.2, -0.15) is 11.8 Å². The van der Waals surface area contributed by atoms with E-state index >= 15 is 0 Å². The Hall–Kier alpha value is -0.260. The van der Waals surface area contributed by atoms with Crippen molar-refractivity contribution in [3.05, 3.63) is 0 Å². The van der Waals surface area contributed by atoms with Gasteiger partial charge in [0.05, 0.1) is 12.5 Å². The minimum atomic E-state index is -0.170. The fourth-order valence-electron chi connectivity index (χ4n) is 1.10. The molecule has 0 heterocycles. The number of amides is 1. The lowest BCUT2D eigenvalue weighted by atomic mass is 10.2. The predicted molar refractivity (Wildman–Crippen MR) is 60.5 cm³/mol. The van der Waals surface area contributed by atoms with Crippen LogP contribution in [0.15, 0.2) is 0 Å². The zero-order valence-electron chi connectivity index (χ0n) is 9.08. The first-order valence-electron chi connectivity index (χ1n) is 4.65. The summed E-state index contributed by atoms with van der Waals surface area (Å²) in [6, 6.07) is 0.202. The highest BCUT2D eigenvalue weighted by atomic mass is 32.2. The third-order valence-corrected chi connectivity index (χ3v) is 2.67. The summed E-state index contributed by atoms with van der Waals surface area (Å²) in [5.41, 5.74) is 5.41. The minimum Gasteiger partial charge on any atom is -0.380 e. The van der Waals surface area contributed by atoms with Crippen molar-refractivity contribution in [1.82, 2.24) is 5.32 Å². The van der Waals surface area contributed by atoms with Crippen molar-refractivity contribution in [3.63, 3.8) is 0 Å². The molecule has 0 aromatic carbocycles. The third kappa shape index (κ3) is 6.23. The number of hydrogen-bond donors (Lipinski definition) is 2. The Morgan fingerprint density at radius 1 is 1.64 bits per heavy atom. The van der Waals surface area contributed by atoms with Crippen molar-refractivity contribution in [1.29, 1.82) is 0 Å². The Bertz CT molecular complexity index is 163. The first-order valence-corrected chi connectivity index (χ1v) is 6.04. The first kappa shape index (κ1) is 13.7. The molecule has 0 aliphatic rings. The summed E-state index contributed by atoms with van der Waals surface area (Å²) in [4.78, 5) is 11.4. The summed E-state index contributed by atoms with van der Waals surface area (Å²) in [5.74, 6) is 0.926. The molecule has 0 saturated carbocycles. The predicted octanol–water partition coefficient (Wildman–Crippen LogP) is 0.218. The van der Waals surface area contributed by atoms with Crippen LogP contribution in [-0.4, -0.2) is 43.7 Å². The molecule has 4 nitrogen and oxygen atoms in total. The van der Waals surface area contributed by atoms with Gasteiger partial charge in [0.25, 0.3) is 0 Å². The van der Waals surface area contributed by atoms with Crippen molar-refractivity contribution in [2.45, 2.75) is 25.5 Å². The van der Waals surface area contributed by atoms with Gasteiger partial charge < -0.3 is 15.8 Å². The van der Waals surface area contributed by atoms with Crippen LogP contribution in [0, 0.1) is 0 Å². The molecule has 84 valence electrons. The number of ether oxygens (including phenoxy) is 1. The van der Waals surface area contributed by atoms with E-state index in [-0.39, 0.29) is 18.1 Å². The Morgan fingerprint density at radius 3 is 2.71 bits per heavy atom. The molecule has 1 amide bonds. The van der Waals surface area contributed by atoms with Crippen molar-refractivity contribution in [3.8, 4) is 0 Å². The summed E-state index contributed by atoms with van der Waals surface area (Å²) < 4.78 is 5.02. The van der Waals surface area contributed by atoms with Crippen LogP contribution < -0.4 is 11.1 Å². The second-order valence-corrected chi connectivity index (χ2v) is 4.13. The molecular weight excluding hydrogens is 200 g/mol. The lowest BCUT2D eigenvalue weighted by Gasteiger charge is -2.16. The van der Waals surface area contributed by atoms with Crippen molar-refractivity contribution in [2.24, 2.45) is 5.73 Å². The van der Waals surface area contributed by atoms with Gasteiger partial charge in [-0.3, -0.25) is 4.79 Å². The summed E-state index contributed by atoms with van der Waals surface area (Å²) >= 11 is 1.71. The largest absolute Gasteiger partial charge is 0.380 e. The molecule has 0 rings (SSSR count). The molecule has 0 aromatic heterocycles. The molecular formula is C9H20N2O2S. The van der Waals surface area contributed by atoms with Gasteiger partial charge in [-0.1, -0.05) is 0 Å². The molecule has 2 unspecified atom stereocenters. The zero-order chi connectivity index (χ0) is 11.0. The van der Waals surface area contributed by atoms with E-state index < -0.39 is 0 Å². The van der Waals surface area contributed by atoms with Crippen LogP contribution in [0.2, 0.25) is 0 Å².